The Morgan fingerprint density at radius 1 is 1.28 bits per heavy atom. The lowest BCUT2D eigenvalue weighted by atomic mass is 10.2. The summed E-state index contributed by atoms with van der Waals surface area (Å²) >= 11 is 0. The minimum Gasteiger partial charge on any atom is -0.355 e. The molecule has 1 rings (SSSR count). The van der Waals surface area contributed by atoms with Gasteiger partial charge < -0.3 is 10.2 Å². The number of guanidine groups is 1. The average molecular weight is 510 g/mol. The van der Waals surface area contributed by atoms with Crippen LogP contribution in [0.25, 0.3) is 0 Å². The maximum absolute atomic E-state index is 12.2. The van der Waals surface area contributed by atoms with Gasteiger partial charge in [0, 0.05) is 39.8 Å². The van der Waals surface area contributed by atoms with Gasteiger partial charge in [0.1, 0.15) is 0 Å². The van der Waals surface area contributed by atoms with E-state index in [0.29, 0.717) is 32.1 Å². The van der Waals surface area contributed by atoms with Gasteiger partial charge in [0.25, 0.3) is 0 Å². The van der Waals surface area contributed by atoms with Crippen LogP contribution in [0.15, 0.2) is 4.99 Å². The first kappa shape index (κ1) is 24.9. The Balaban J connectivity index is 0.00000576. The largest absolute Gasteiger partial charge is 0.355 e. The van der Waals surface area contributed by atoms with E-state index < -0.39 is 24.6 Å². The van der Waals surface area contributed by atoms with Crippen molar-refractivity contribution in [3.8, 4) is 0 Å². The lowest BCUT2D eigenvalue weighted by molar-refractivity contribution is 0.354. The maximum Gasteiger partial charge on any atom is 0.215 e. The zero-order chi connectivity index (χ0) is 18.6. The van der Waals surface area contributed by atoms with E-state index in [-0.39, 0.29) is 42.0 Å². The van der Waals surface area contributed by atoms with Crippen LogP contribution in [0, 0.1) is 0 Å². The second kappa shape index (κ2) is 9.70. The molecule has 1 fully saturated rings. The summed E-state index contributed by atoms with van der Waals surface area (Å²) in [5.74, 6) is 0.578. The second-order valence-corrected chi connectivity index (χ2v) is 11.2. The van der Waals surface area contributed by atoms with Crippen LogP contribution in [0.2, 0.25) is 0 Å². The molecule has 0 amide bonds. The van der Waals surface area contributed by atoms with Crippen LogP contribution < -0.4 is 5.32 Å². The van der Waals surface area contributed by atoms with Crippen molar-refractivity contribution in [2.45, 2.75) is 32.4 Å². The number of nitrogens with one attached hydrogen (secondary N) is 1. The Kier molecular flexibility index (Phi) is 9.64. The SMILES string of the molecule is CCN(CC)S(=O)(=O)CCNC(=NC)N1CCS(=O)(=O)C(C)(C)C1.I. The fourth-order valence-corrected chi connectivity index (χ4v) is 5.47. The van der Waals surface area contributed by atoms with E-state index in [0.717, 1.165) is 0 Å². The van der Waals surface area contributed by atoms with Gasteiger partial charge in [0.05, 0.1) is 16.3 Å². The molecule has 0 aromatic carbocycles. The molecule has 0 aromatic heterocycles. The highest BCUT2D eigenvalue weighted by atomic mass is 127. The zero-order valence-corrected chi connectivity index (χ0v) is 19.6. The van der Waals surface area contributed by atoms with Gasteiger partial charge in [-0.1, -0.05) is 13.8 Å². The van der Waals surface area contributed by atoms with Gasteiger partial charge in [0.2, 0.25) is 10.0 Å². The summed E-state index contributed by atoms with van der Waals surface area (Å²) < 4.78 is 49.1. The first-order chi connectivity index (χ1) is 11.0. The van der Waals surface area contributed by atoms with Crippen molar-refractivity contribution in [3.63, 3.8) is 0 Å². The van der Waals surface area contributed by atoms with Gasteiger partial charge in [-0.05, 0) is 13.8 Å². The number of sulfonamides is 1. The molecule has 25 heavy (non-hydrogen) atoms. The molecule has 1 heterocycles. The van der Waals surface area contributed by atoms with Crippen LogP contribution in [0.5, 0.6) is 0 Å². The third-order valence-electron chi connectivity index (χ3n) is 4.30. The summed E-state index contributed by atoms with van der Waals surface area (Å²) in [6, 6.07) is 0. The van der Waals surface area contributed by atoms with E-state index in [9.17, 15) is 16.8 Å². The Labute approximate surface area is 169 Å². The van der Waals surface area contributed by atoms with Crippen LogP contribution >= 0.6 is 24.0 Å². The number of rotatable bonds is 6. The lowest BCUT2D eigenvalue weighted by Gasteiger charge is -2.39. The summed E-state index contributed by atoms with van der Waals surface area (Å²) in [6.07, 6.45) is 0. The number of nitrogens with zero attached hydrogens (tertiary/aromatic N) is 3. The van der Waals surface area contributed by atoms with Crippen molar-refractivity contribution in [2.75, 3.05) is 51.3 Å². The minimum atomic E-state index is -3.30. The monoisotopic (exact) mass is 510 g/mol. The summed E-state index contributed by atoms with van der Waals surface area (Å²) in [5, 5.41) is 3.04. The molecule has 0 saturated carbocycles. The number of hydrogen-bond donors (Lipinski definition) is 1. The first-order valence-corrected chi connectivity index (χ1v) is 11.4. The lowest BCUT2D eigenvalue weighted by Crippen LogP contribution is -2.57. The molecule has 1 aliphatic heterocycles. The zero-order valence-electron chi connectivity index (χ0n) is 15.6. The van der Waals surface area contributed by atoms with E-state index in [4.69, 9.17) is 0 Å². The van der Waals surface area contributed by atoms with E-state index in [2.05, 4.69) is 10.3 Å². The van der Waals surface area contributed by atoms with Crippen LogP contribution in [-0.4, -0.2) is 88.0 Å². The molecule has 0 bridgehead atoms. The highest BCUT2D eigenvalue weighted by Crippen LogP contribution is 2.23. The predicted octanol–water partition coefficient (Wildman–Crippen LogP) is 0.360. The topological polar surface area (TPSA) is 99.2 Å². The summed E-state index contributed by atoms with van der Waals surface area (Å²) in [4.78, 5) is 6.02. The molecule has 1 saturated heterocycles. The molecule has 1 N–H and O–H groups in total. The van der Waals surface area contributed by atoms with Crippen LogP contribution in [0.1, 0.15) is 27.7 Å². The molecule has 0 spiro atoms. The van der Waals surface area contributed by atoms with E-state index in [1.165, 1.54) is 4.31 Å². The number of aliphatic imine (C=N–C) groups is 1. The van der Waals surface area contributed by atoms with Gasteiger partial charge in [0.15, 0.2) is 15.8 Å². The minimum absolute atomic E-state index is 0. The summed E-state index contributed by atoms with van der Waals surface area (Å²) in [5.41, 5.74) is 0. The van der Waals surface area contributed by atoms with Crippen LogP contribution in [0.3, 0.4) is 0 Å². The van der Waals surface area contributed by atoms with Crippen molar-refractivity contribution < 1.29 is 16.8 Å². The number of halogens is 1. The molecule has 0 unspecified atom stereocenters. The summed E-state index contributed by atoms with van der Waals surface area (Å²) in [7, 11) is -4.81. The van der Waals surface area contributed by atoms with Crippen molar-refractivity contribution in [1.82, 2.24) is 14.5 Å². The van der Waals surface area contributed by atoms with Gasteiger partial charge in [-0.25, -0.2) is 21.1 Å². The molecular weight excluding hydrogens is 479 g/mol. The van der Waals surface area contributed by atoms with Crippen molar-refractivity contribution in [1.29, 1.82) is 0 Å². The maximum atomic E-state index is 12.2. The Hall–Kier alpha value is -0.140. The first-order valence-electron chi connectivity index (χ1n) is 8.16. The molecule has 1 aliphatic rings. The van der Waals surface area contributed by atoms with Crippen molar-refractivity contribution in [3.05, 3.63) is 0 Å². The molecule has 150 valence electrons. The smallest absolute Gasteiger partial charge is 0.215 e. The highest BCUT2D eigenvalue weighted by molar-refractivity contribution is 14.0. The molecule has 0 aromatic rings. The van der Waals surface area contributed by atoms with E-state index in [1.54, 1.807) is 20.9 Å². The van der Waals surface area contributed by atoms with E-state index in [1.807, 2.05) is 18.7 Å². The third kappa shape index (κ3) is 6.21. The third-order valence-corrected chi connectivity index (χ3v) is 8.85. The van der Waals surface area contributed by atoms with Crippen LogP contribution in [-0.2, 0) is 19.9 Å². The summed E-state index contributed by atoms with van der Waals surface area (Å²) in [6.45, 7) is 8.84. The van der Waals surface area contributed by atoms with E-state index >= 15 is 0 Å². The Morgan fingerprint density at radius 3 is 2.28 bits per heavy atom. The standard InChI is InChI=1S/C14H30N4O4S2.HI/c1-6-18(7-2)24(21,22)10-8-16-13(15-5)17-9-11-23(19,20)14(3,4)12-17;/h6-12H2,1-5H3,(H,15,16);1H. The number of hydrogen-bond acceptors (Lipinski definition) is 5. The average Bonchev–Trinajstić information content (AvgIpc) is 2.47. The molecular formula is C14H31IN4O4S2. The molecule has 8 nitrogen and oxygen atoms in total. The van der Waals surface area contributed by atoms with Gasteiger partial charge in [-0.3, -0.25) is 4.99 Å². The Bertz CT molecular complexity index is 658. The molecule has 0 atom stereocenters. The van der Waals surface area contributed by atoms with Gasteiger partial charge in [-0.15, -0.1) is 24.0 Å². The van der Waals surface area contributed by atoms with Crippen molar-refractivity contribution >= 4 is 49.8 Å². The molecule has 11 heteroatoms. The van der Waals surface area contributed by atoms with Crippen molar-refractivity contribution in [2.24, 2.45) is 4.99 Å². The predicted molar refractivity (Wildman–Crippen MR) is 113 cm³/mol. The van der Waals surface area contributed by atoms with Gasteiger partial charge in [-0.2, -0.15) is 0 Å². The Morgan fingerprint density at radius 2 is 1.84 bits per heavy atom. The highest BCUT2D eigenvalue weighted by Gasteiger charge is 2.40. The molecule has 0 aliphatic carbocycles. The van der Waals surface area contributed by atoms with Crippen LogP contribution in [0.4, 0.5) is 0 Å². The fraction of sp³-hybridized carbons (Fsp3) is 0.929. The number of sulfone groups is 1. The fourth-order valence-electron chi connectivity index (χ4n) is 2.69. The second-order valence-electron chi connectivity index (χ2n) is 6.37. The van der Waals surface area contributed by atoms with Gasteiger partial charge >= 0.3 is 0 Å². The quantitative estimate of drug-likeness (QED) is 0.315. The normalized spacial score (nSPS) is 20.2. The molecule has 0 radical (unpaired) electrons.